The summed E-state index contributed by atoms with van der Waals surface area (Å²) in [6, 6.07) is 8.96. The first-order chi connectivity index (χ1) is 9.26. The normalized spacial score (nSPS) is 26.1. The Morgan fingerprint density at radius 2 is 2.21 bits per heavy atom. The number of H-pyrrole nitrogens is 1. The Morgan fingerprint density at radius 3 is 3.05 bits per heavy atom. The topological polar surface area (TPSA) is 39.3 Å². The van der Waals surface area contributed by atoms with Gasteiger partial charge >= 0.3 is 0 Å². The predicted molar refractivity (Wildman–Crippen MR) is 75.9 cm³/mol. The van der Waals surface area contributed by atoms with E-state index in [0.29, 0.717) is 6.04 Å². The zero-order valence-corrected chi connectivity index (χ0v) is 11.1. The van der Waals surface area contributed by atoms with Crippen LogP contribution < -0.4 is 0 Å². The van der Waals surface area contributed by atoms with Crippen LogP contribution in [0.2, 0.25) is 0 Å². The molecule has 2 aliphatic rings. The number of fused-ring (bicyclic) bond motifs is 1. The van der Waals surface area contributed by atoms with Crippen LogP contribution in [0.5, 0.6) is 0 Å². The third-order valence-electron chi connectivity index (χ3n) is 4.79. The molecule has 3 nitrogen and oxygen atoms in total. The van der Waals surface area contributed by atoms with Crippen molar-refractivity contribution in [1.82, 2.24) is 9.88 Å². The number of hydrogen-bond donors (Lipinski definition) is 2. The molecular formula is C16H20N2O. The lowest BCUT2D eigenvalue weighted by Crippen LogP contribution is -2.40. The summed E-state index contributed by atoms with van der Waals surface area (Å²) in [7, 11) is 0. The van der Waals surface area contributed by atoms with Crippen LogP contribution in [0, 0.1) is 0 Å². The molecule has 1 saturated heterocycles. The molecule has 1 aromatic carbocycles. The molecule has 0 radical (unpaired) electrons. The lowest BCUT2D eigenvalue weighted by molar-refractivity contribution is 0.0483. The Morgan fingerprint density at radius 1 is 1.32 bits per heavy atom. The third kappa shape index (κ3) is 1.88. The number of rotatable bonds is 3. The standard InChI is InChI=1S/C16H20N2O/c19-16(7-8-16)14-5-2-10-18(14)11-13-4-1-3-12-6-9-17-15(12)13/h1,3-4,6,9,14,17,19H,2,5,7-8,10-11H2. The average molecular weight is 256 g/mol. The Labute approximate surface area is 113 Å². The molecule has 1 aromatic heterocycles. The summed E-state index contributed by atoms with van der Waals surface area (Å²) in [6.45, 7) is 2.06. The van der Waals surface area contributed by atoms with Gasteiger partial charge in [-0.3, -0.25) is 4.90 Å². The van der Waals surface area contributed by atoms with Crippen LogP contribution in [0.15, 0.2) is 30.5 Å². The fourth-order valence-electron chi connectivity index (χ4n) is 3.59. The number of aromatic nitrogens is 1. The van der Waals surface area contributed by atoms with E-state index in [4.69, 9.17) is 0 Å². The van der Waals surface area contributed by atoms with Crippen LogP contribution in [0.1, 0.15) is 31.2 Å². The highest BCUT2D eigenvalue weighted by molar-refractivity contribution is 5.82. The van der Waals surface area contributed by atoms with Gasteiger partial charge in [-0.15, -0.1) is 0 Å². The van der Waals surface area contributed by atoms with Crippen molar-refractivity contribution >= 4 is 10.9 Å². The minimum Gasteiger partial charge on any atom is -0.388 e. The number of nitrogens with one attached hydrogen (secondary N) is 1. The number of likely N-dealkylation sites (tertiary alicyclic amines) is 1. The van der Waals surface area contributed by atoms with Gasteiger partial charge in [0.1, 0.15) is 0 Å². The zero-order valence-electron chi connectivity index (χ0n) is 11.1. The molecule has 1 saturated carbocycles. The SMILES string of the molecule is OC1(C2CCCN2Cc2cccc3cc[nH]c23)CC1. The first kappa shape index (κ1) is 11.5. The predicted octanol–water partition coefficient (Wildman–Crippen LogP) is 2.66. The van der Waals surface area contributed by atoms with E-state index in [1.165, 1.54) is 22.9 Å². The van der Waals surface area contributed by atoms with Crippen LogP contribution >= 0.6 is 0 Å². The van der Waals surface area contributed by atoms with Crippen molar-refractivity contribution in [3.05, 3.63) is 36.0 Å². The molecule has 3 heteroatoms. The van der Waals surface area contributed by atoms with Gasteiger partial charge in [-0.2, -0.15) is 0 Å². The lowest BCUT2D eigenvalue weighted by atomic mass is 10.1. The first-order valence-corrected chi connectivity index (χ1v) is 7.28. The maximum atomic E-state index is 10.4. The van der Waals surface area contributed by atoms with E-state index in [9.17, 15) is 5.11 Å². The minimum atomic E-state index is -0.375. The quantitative estimate of drug-likeness (QED) is 0.886. The van der Waals surface area contributed by atoms with Crippen molar-refractivity contribution in [3.63, 3.8) is 0 Å². The number of para-hydroxylation sites is 1. The molecule has 1 aliphatic carbocycles. The monoisotopic (exact) mass is 256 g/mol. The number of hydrogen-bond acceptors (Lipinski definition) is 2. The van der Waals surface area contributed by atoms with Gasteiger partial charge in [-0.05, 0) is 49.2 Å². The van der Waals surface area contributed by atoms with Gasteiger partial charge in [0.15, 0.2) is 0 Å². The van der Waals surface area contributed by atoms with E-state index in [2.05, 4.69) is 34.1 Å². The van der Waals surface area contributed by atoms with E-state index in [1.807, 2.05) is 6.20 Å². The molecule has 2 fully saturated rings. The number of nitrogens with zero attached hydrogens (tertiary/aromatic N) is 1. The Balaban J connectivity index is 1.62. The van der Waals surface area contributed by atoms with Gasteiger partial charge in [0.25, 0.3) is 0 Å². The average Bonchev–Trinajstić information content (AvgIpc) is 2.86. The van der Waals surface area contributed by atoms with Crippen molar-refractivity contribution < 1.29 is 5.11 Å². The third-order valence-corrected chi connectivity index (χ3v) is 4.79. The van der Waals surface area contributed by atoms with Gasteiger partial charge in [0.05, 0.1) is 5.60 Å². The molecule has 2 aromatic rings. The second-order valence-electron chi connectivity index (χ2n) is 6.09. The highest BCUT2D eigenvalue weighted by Gasteiger charge is 2.51. The second kappa shape index (κ2) is 4.09. The van der Waals surface area contributed by atoms with E-state index in [0.717, 1.165) is 32.4 Å². The van der Waals surface area contributed by atoms with Crippen LogP contribution in [0.4, 0.5) is 0 Å². The van der Waals surface area contributed by atoms with Gasteiger partial charge in [0.2, 0.25) is 0 Å². The Hall–Kier alpha value is -1.32. The first-order valence-electron chi connectivity index (χ1n) is 7.28. The van der Waals surface area contributed by atoms with E-state index >= 15 is 0 Å². The van der Waals surface area contributed by atoms with Gasteiger partial charge in [-0.1, -0.05) is 18.2 Å². The van der Waals surface area contributed by atoms with Crippen molar-refractivity contribution in [2.75, 3.05) is 6.54 Å². The molecule has 19 heavy (non-hydrogen) atoms. The van der Waals surface area contributed by atoms with Gasteiger partial charge in [-0.25, -0.2) is 0 Å². The molecule has 2 N–H and O–H groups in total. The summed E-state index contributed by atoms with van der Waals surface area (Å²) in [5.41, 5.74) is 2.22. The number of aliphatic hydroxyl groups is 1. The number of aromatic amines is 1. The van der Waals surface area contributed by atoms with Crippen molar-refractivity contribution in [2.24, 2.45) is 0 Å². The van der Waals surface area contributed by atoms with Crippen LogP contribution in [-0.4, -0.2) is 33.2 Å². The highest BCUT2D eigenvalue weighted by Crippen LogP contribution is 2.45. The molecule has 4 rings (SSSR count). The molecule has 100 valence electrons. The summed E-state index contributed by atoms with van der Waals surface area (Å²) in [6.07, 6.45) is 6.34. The van der Waals surface area contributed by atoms with E-state index in [-0.39, 0.29) is 5.60 Å². The van der Waals surface area contributed by atoms with E-state index < -0.39 is 0 Å². The van der Waals surface area contributed by atoms with Crippen LogP contribution in [0.3, 0.4) is 0 Å². The number of benzene rings is 1. The Kier molecular flexibility index (Phi) is 2.47. The zero-order chi connectivity index (χ0) is 12.9. The summed E-state index contributed by atoms with van der Waals surface area (Å²) in [5.74, 6) is 0. The van der Waals surface area contributed by atoms with Gasteiger partial charge < -0.3 is 10.1 Å². The lowest BCUT2D eigenvalue weighted by Gasteiger charge is -2.28. The maximum Gasteiger partial charge on any atom is 0.0804 e. The minimum absolute atomic E-state index is 0.373. The van der Waals surface area contributed by atoms with Crippen LogP contribution in [0.25, 0.3) is 10.9 Å². The van der Waals surface area contributed by atoms with Crippen molar-refractivity contribution in [2.45, 2.75) is 43.9 Å². The van der Waals surface area contributed by atoms with Crippen molar-refractivity contribution in [3.8, 4) is 0 Å². The fraction of sp³-hybridized carbons (Fsp3) is 0.500. The highest BCUT2D eigenvalue weighted by atomic mass is 16.3. The molecule has 0 spiro atoms. The van der Waals surface area contributed by atoms with Crippen molar-refractivity contribution in [1.29, 1.82) is 0 Å². The molecule has 1 aliphatic heterocycles. The summed E-state index contributed by atoms with van der Waals surface area (Å²) >= 11 is 0. The summed E-state index contributed by atoms with van der Waals surface area (Å²) in [4.78, 5) is 5.82. The Bertz CT molecular complexity index is 600. The fourth-order valence-corrected chi connectivity index (χ4v) is 3.59. The van der Waals surface area contributed by atoms with E-state index in [1.54, 1.807) is 0 Å². The molecule has 2 heterocycles. The largest absolute Gasteiger partial charge is 0.388 e. The molecule has 0 amide bonds. The molecule has 0 bridgehead atoms. The van der Waals surface area contributed by atoms with Crippen LogP contribution in [-0.2, 0) is 6.54 Å². The second-order valence-corrected chi connectivity index (χ2v) is 6.09. The van der Waals surface area contributed by atoms with Gasteiger partial charge in [0, 0.05) is 24.3 Å². The summed E-state index contributed by atoms with van der Waals surface area (Å²) in [5, 5.41) is 11.7. The smallest absolute Gasteiger partial charge is 0.0804 e. The maximum absolute atomic E-state index is 10.4. The summed E-state index contributed by atoms with van der Waals surface area (Å²) < 4.78 is 0. The molecular weight excluding hydrogens is 236 g/mol. The molecule has 1 unspecified atom stereocenters. The molecule has 1 atom stereocenters.